The lowest BCUT2D eigenvalue weighted by Gasteiger charge is -2.31. The zero-order chi connectivity index (χ0) is 13.3. The van der Waals surface area contributed by atoms with Crippen molar-refractivity contribution < 1.29 is 4.52 Å². The van der Waals surface area contributed by atoms with E-state index in [-0.39, 0.29) is 5.54 Å². The summed E-state index contributed by atoms with van der Waals surface area (Å²) in [7, 11) is 0. The topological polar surface area (TPSA) is 64.9 Å². The second-order valence-electron chi connectivity index (χ2n) is 5.58. The Hall–Kier alpha value is -1.20. The van der Waals surface area contributed by atoms with Gasteiger partial charge in [-0.1, -0.05) is 24.4 Å². The third-order valence-electron chi connectivity index (χ3n) is 3.92. The van der Waals surface area contributed by atoms with Gasteiger partial charge >= 0.3 is 0 Å². The fourth-order valence-electron chi connectivity index (χ4n) is 2.76. The van der Waals surface area contributed by atoms with Gasteiger partial charge in [-0.2, -0.15) is 16.3 Å². The Morgan fingerprint density at radius 1 is 1.32 bits per heavy atom. The van der Waals surface area contributed by atoms with E-state index in [1.165, 1.54) is 24.8 Å². The number of nitrogens with zero attached hydrogens (tertiary/aromatic N) is 2. The molecule has 5 heteroatoms. The van der Waals surface area contributed by atoms with Crippen LogP contribution >= 0.6 is 11.3 Å². The van der Waals surface area contributed by atoms with E-state index in [1.807, 2.05) is 0 Å². The molecule has 0 unspecified atom stereocenters. The lowest BCUT2D eigenvalue weighted by atomic mass is 9.80. The molecule has 1 saturated carbocycles. The predicted molar refractivity (Wildman–Crippen MR) is 76.1 cm³/mol. The molecule has 0 aromatic carbocycles. The van der Waals surface area contributed by atoms with Gasteiger partial charge in [0.15, 0.2) is 0 Å². The van der Waals surface area contributed by atoms with Crippen molar-refractivity contribution in [1.29, 1.82) is 0 Å². The van der Waals surface area contributed by atoms with Crippen LogP contribution in [0.15, 0.2) is 15.3 Å². The van der Waals surface area contributed by atoms with Crippen LogP contribution in [-0.2, 0) is 6.42 Å². The number of aromatic nitrogens is 2. The van der Waals surface area contributed by atoms with Crippen LogP contribution < -0.4 is 5.73 Å². The van der Waals surface area contributed by atoms with Crippen LogP contribution in [-0.4, -0.2) is 15.7 Å². The molecule has 1 aliphatic rings. The van der Waals surface area contributed by atoms with Crippen molar-refractivity contribution in [3.63, 3.8) is 0 Å². The molecule has 0 spiro atoms. The molecular formula is C14H19N3OS. The molecule has 2 N–H and O–H groups in total. The molecule has 0 amide bonds. The third kappa shape index (κ3) is 2.72. The van der Waals surface area contributed by atoms with Crippen LogP contribution in [0.1, 0.15) is 43.6 Å². The lowest BCUT2D eigenvalue weighted by Crippen LogP contribution is -2.43. The van der Waals surface area contributed by atoms with Gasteiger partial charge in [-0.25, -0.2) is 0 Å². The van der Waals surface area contributed by atoms with E-state index in [1.54, 1.807) is 11.3 Å². The molecule has 0 radical (unpaired) electrons. The molecule has 0 bridgehead atoms. The Kier molecular flexibility index (Phi) is 3.41. The summed E-state index contributed by atoms with van der Waals surface area (Å²) in [4.78, 5) is 4.50. The van der Waals surface area contributed by atoms with Crippen molar-refractivity contribution in [2.45, 2.75) is 51.0 Å². The highest BCUT2D eigenvalue weighted by molar-refractivity contribution is 7.08. The number of hydrogen-bond donors (Lipinski definition) is 1. The van der Waals surface area contributed by atoms with Gasteiger partial charge in [-0.15, -0.1) is 0 Å². The summed E-state index contributed by atoms with van der Waals surface area (Å²) >= 11 is 1.66. The van der Waals surface area contributed by atoms with Gasteiger partial charge in [0.05, 0.1) is 0 Å². The molecular weight excluding hydrogens is 258 g/mol. The molecule has 1 aliphatic carbocycles. The summed E-state index contributed by atoms with van der Waals surface area (Å²) in [6.45, 7) is 2.06. The highest BCUT2D eigenvalue weighted by Crippen LogP contribution is 2.30. The summed E-state index contributed by atoms with van der Waals surface area (Å²) < 4.78 is 5.37. The van der Waals surface area contributed by atoms with E-state index in [4.69, 9.17) is 10.3 Å². The average Bonchev–Trinajstić information content (AvgIpc) is 2.98. The quantitative estimate of drug-likeness (QED) is 0.934. The second-order valence-corrected chi connectivity index (χ2v) is 6.32. The van der Waals surface area contributed by atoms with E-state index >= 15 is 0 Å². The lowest BCUT2D eigenvalue weighted by molar-refractivity contribution is 0.261. The maximum Gasteiger partial charge on any atom is 0.228 e. The van der Waals surface area contributed by atoms with Gasteiger partial charge in [0.25, 0.3) is 0 Å². The van der Waals surface area contributed by atoms with Gasteiger partial charge in [-0.3, -0.25) is 0 Å². The predicted octanol–water partition coefficient (Wildman–Crippen LogP) is 3.31. The maximum atomic E-state index is 6.42. The van der Waals surface area contributed by atoms with Gasteiger partial charge < -0.3 is 10.3 Å². The number of hydrogen-bond acceptors (Lipinski definition) is 5. The van der Waals surface area contributed by atoms with Gasteiger partial charge in [0.1, 0.15) is 0 Å². The van der Waals surface area contributed by atoms with Crippen molar-refractivity contribution in [3.05, 3.63) is 22.2 Å². The van der Waals surface area contributed by atoms with E-state index < -0.39 is 0 Å². The van der Waals surface area contributed by atoms with Crippen molar-refractivity contribution >= 4 is 11.3 Å². The van der Waals surface area contributed by atoms with Crippen molar-refractivity contribution in [3.8, 4) is 11.4 Å². The fourth-order valence-corrected chi connectivity index (χ4v) is 3.59. The molecule has 3 rings (SSSR count). The number of thiophene rings is 1. The second kappa shape index (κ2) is 5.06. The van der Waals surface area contributed by atoms with E-state index in [9.17, 15) is 0 Å². The monoisotopic (exact) mass is 277 g/mol. The molecule has 0 saturated heterocycles. The molecule has 102 valence electrons. The molecule has 2 aromatic heterocycles. The largest absolute Gasteiger partial charge is 0.339 e. The molecule has 1 fully saturated rings. The normalized spacial score (nSPS) is 18.6. The van der Waals surface area contributed by atoms with E-state index in [0.717, 1.165) is 18.4 Å². The molecule has 0 atom stereocenters. The third-order valence-corrected chi connectivity index (χ3v) is 4.78. The van der Waals surface area contributed by atoms with Crippen LogP contribution in [0.5, 0.6) is 0 Å². The van der Waals surface area contributed by atoms with Gasteiger partial charge in [0, 0.05) is 22.9 Å². The van der Waals surface area contributed by atoms with Crippen LogP contribution in [0, 0.1) is 6.92 Å². The van der Waals surface area contributed by atoms with Gasteiger partial charge in [0.2, 0.25) is 11.7 Å². The summed E-state index contributed by atoms with van der Waals surface area (Å²) in [5.41, 5.74) is 8.53. The molecule has 2 heterocycles. The van der Waals surface area contributed by atoms with Crippen LogP contribution in [0.3, 0.4) is 0 Å². The zero-order valence-electron chi connectivity index (χ0n) is 11.2. The Morgan fingerprint density at radius 3 is 2.79 bits per heavy atom. The minimum absolute atomic E-state index is 0.147. The summed E-state index contributed by atoms with van der Waals surface area (Å²) in [5.74, 6) is 1.36. The molecule has 19 heavy (non-hydrogen) atoms. The SMILES string of the molecule is Cc1cscc1-c1noc(CC2(N)CCCCC2)n1. The summed E-state index contributed by atoms with van der Waals surface area (Å²) in [6, 6.07) is 0. The van der Waals surface area contributed by atoms with Gasteiger partial charge in [-0.05, 0) is 30.7 Å². The van der Waals surface area contributed by atoms with Crippen molar-refractivity contribution in [2.75, 3.05) is 0 Å². The first-order chi connectivity index (χ1) is 9.16. The first kappa shape index (κ1) is 12.8. The Balaban J connectivity index is 1.76. The van der Waals surface area contributed by atoms with Crippen molar-refractivity contribution in [1.82, 2.24) is 10.1 Å². The molecule has 0 aliphatic heterocycles. The fraction of sp³-hybridized carbons (Fsp3) is 0.571. The first-order valence-electron chi connectivity index (χ1n) is 6.81. The molecule has 2 aromatic rings. The summed E-state index contributed by atoms with van der Waals surface area (Å²) in [6.07, 6.45) is 6.53. The number of rotatable bonds is 3. The Morgan fingerprint density at radius 2 is 2.11 bits per heavy atom. The standard InChI is InChI=1S/C14H19N3OS/c1-10-8-19-9-11(10)13-16-12(18-17-13)7-14(15)5-3-2-4-6-14/h8-9H,2-7,15H2,1H3. The first-order valence-corrected chi connectivity index (χ1v) is 7.75. The Bertz CT molecular complexity index is 555. The number of nitrogens with two attached hydrogens (primary N) is 1. The van der Waals surface area contributed by atoms with E-state index in [2.05, 4.69) is 27.8 Å². The van der Waals surface area contributed by atoms with Crippen LogP contribution in [0.2, 0.25) is 0 Å². The summed E-state index contributed by atoms with van der Waals surface area (Å²) in [5, 5.41) is 8.23. The average molecular weight is 277 g/mol. The van der Waals surface area contributed by atoms with Crippen molar-refractivity contribution in [2.24, 2.45) is 5.73 Å². The highest BCUT2D eigenvalue weighted by Gasteiger charge is 2.30. The Labute approximate surface area is 117 Å². The smallest absolute Gasteiger partial charge is 0.228 e. The highest BCUT2D eigenvalue weighted by atomic mass is 32.1. The maximum absolute atomic E-state index is 6.42. The zero-order valence-corrected chi connectivity index (χ0v) is 12.0. The minimum Gasteiger partial charge on any atom is -0.339 e. The number of aryl methyl sites for hydroxylation is 1. The molecule has 4 nitrogen and oxygen atoms in total. The van der Waals surface area contributed by atoms with Crippen LogP contribution in [0.4, 0.5) is 0 Å². The minimum atomic E-state index is -0.147. The van der Waals surface area contributed by atoms with E-state index in [0.29, 0.717) is 18.1 Å². The van der Waals surface area contributed by atoms with Crippen LogP contribution in [0.25, 0.3) is 11.4 Å².